The molecule has 0 atom stereocenters. The first-order valence-corrected chi connectivity index (χ1v) is 5.51. The van der Waals surface area contributed by atoms with Gasteiger partial charge in [-0.25, -0.2) is 4.68 Å². The van der Waals surface area contributed by atoms with Crippen LogP contribution in [0.5, 0.6) is 11.6 Å². The Hall–Kier alpha value is -2.18. The predicted molar refractivity (Wildman–Crippen MR) is 59.3 cm³/mol. The molecule has 1 aliphatic rings. The summed E-state index contributed by atoms with van der Waals surface area (Å²) in [5, 5.41) is 4.23. The van der Waals surface area contributed by atoms with Gasteiger partial charge in [-0.2, -0.15) is 5.10 Å². The number of alkyl halides is 3. The Bertz CT molecular complexity index is 634. The maximum absolute atomic E-state index is 12.1. The molecule has 0 aliphatic carbocycles. The number of benzene rings is 1. The average molecular weight is 270 g/mol. The highest BCUT2D eigenvalue weighted by atomic mass is 19.4. The summed E-state index contributed by atoms with van der Waals surface area (Å²) >= 11 is 0. The van der Waals surface area contributed by atoms with Crippen LogP contribution in [-0.2, 0) is 6.61 Å². The number of hydrogen-bond acceptors (Lipinski definition) is 3. The molecule has 0 bridgehead atoms. The van der Waals surface area contributed by atoms with Crippen LogP contribution in [0.4, 0.5) is 13.2 Å². The SMILES string of the molecule is Cc1cc2n(n1)-c1ccc(OC(F)(F)F)cc1CO2. The second-order valence-electron chi connectivity index (χ2n) is 4.16. The third kappa shape index (κ3) is 2.23. The molecule has 7 heteroatoms. The van der Waals surface area contributed by atoms with E-state index in [0.29, 0.717) is 17.1 Å². The Morgan fingerprint density at radius 1 is 1.32 bits per heavy atom. The fourth-order valence-electron chi connectivity index (χ4n) is 1.98. The van der Waals surface area contributed by atoms with Gasteiger partial charge >= 0.3 is 6.36 Å². The van der Waals surface area contributed by atoms with Gasteiger partial charge in [-0.1, -0.05) is 0 Å². The maximum Gasteiger partial charge on any atom is 0.573 e. The van der Waals surface area contributed by atoms with E-state index in [-0.39, 0.29) is 12.4 Å². The molecule has 3 rings (SSSR count). The van der Waals surface area contributed by atoms with Crippen molar-refractivity contribution in [3.63, 3.8) is 0 Å². The van der Waals surface area contributed by atoms with Gasteiger partial charge in [0.25, 0.3) is 0 Å². The van der Waals surface area contributed by atoms with E-state index in [4.69, 9.17) is 4.74 Å². The van der Waals surface area contributed by atoms with E-state index in [2.05, 4.69) is 9.84 Å². The molecule has 4 nitrogen and oxygen atoms in total. The fraction of sp³-hybridized carbons (Fsp3) is 0.250. The lowest BCUT2D eigenvalue weighted by molar-refractivity contribution is -0.274. The lowest BCUT2D eigenvalue weighted by Gasteiger charge is -2.19. The molecule has 2 aromatic rings. The average Bonchev–Trinajstić information content (AvgIpc) is 2.67. The monoisotopic (exact) mass is 270 g/mol. The quantitative estimate of drug-likeness (QED) is 0.799. The standard InChI is InChI=1S/C12H9F3N2O2/c1-7-4-11-17(16-7)10-3-2-9(19-12(13,14)15)5-8(10)6-18-11/h2-5H,6H2,1H3. The van der Waals surface area contributed by atoms with Crippen LogP contribution in [0, 0.1) is 6.92 Å². The van der Waals surface area contributed by atoms with E-state index in [1.54, 1.807) is 10.7 Å². The minimum absolute atomic E-state index is 0.190. The number of ether oxygens (including phenoxy) is 2. The molecule has 0 spiro atoms. The molecule has 1 aromatic heterocycles. The molecular weight excluding hydrogens is 261 g/mol. The van der Waals surface area contributed by atoms with Gasteiger partial charge in [-0.15, -0.1) is 13.2 Å². The van der Waals surface area contributed by atoms with Crippen LogP contribution in [0.2, 0.25) is 0 Å². The first-order valence-electron chi connectivity index (χ1n) is 5.51. The zero-order chi connectivity index (χ0) is 13.6. The van der Waals surface area contributed by atoms with Crippen molar-refractivity contribution in [3.05, 3.63) is 35.5 Å². The van der Waals surface area contributed by atoms with Crippen molar-refractivity contribution < 1.29 is 22.6 Å². The van der Waals surface area contributed by atoms with Crippen molar-refractivity contribution in [2.75, 3.05) is 0 Å². The van der Waals surface area contributed by atoms with Gasteiger partial charge in [0.15, 0.2) is 0 Å². The lowest BCUT2D eigenvalue weighted by atomic mass is 10.1. The fourth-order valence-corrected chi connectivity index (χ4v) is 1.98. The smallest absolute Gasteiger partial charge is 0.473 e. The second-order valence-corrected chi connectivity index (χ2v) is 4.16. The van der Waals surface area contributed by atoms with Crippen LogP contribution in [0.1, 0.15) is 11.3 Å². The van der Waals surface area contributed by atoms with Crippen molar-refractivity contribution in [2.24, 2.45) is 0 Å². The van der Waals surface area contributed by atoms with Crippen LogP contribution in [-0.4, -0.2) is 16.1 Å². The summed E-state index contributed by atoms with van der Waals surface area (Å²) in [6.45, 7) is 2.00. The number of aromatic nitrogens is 2. The molecule has 100 valence electrons. The molecule has 0 N–H and O–H groups in total. The van der Waals surface area contributed by atoms with Gasteiger partial charge in [0, 0.05) is 11.6 Å². The first-order chi connectivity index (χ1) is 8.92. The van der Waals surface area contributed by atoms with Crippen LogP contribution in [0.3, 0.4) is 0 Å². The van der Waals surface area contributed by atoms with E-state index in [9.17, 15) is 13.2 Å². The highest BCUT2D eigenvalue weighted by Gasteiger charge is 2.31. The predicted octanol–water partition coefficient (Wildman–Crippen LogP) is 2.97. The Kier molecular flexibility index (Phi) is 2.44. The Balaban J connectivity index is 2.00. The van der Waals surface area contributed by atoms with Gasteiger partial charge in [0.05, 0.1) is 11.4 Å². The largest absolute Gasteiger partial charge is 0.573 e. The summed E-state index contributed by atoms with van der Waals surface area (Å²) in [6.07, 6.45) is -4.70. The highest BCUT2D eigenvalue weighted by Crippen LogP contribution is 2.32. The van der Waals surface area contributed by atoms with Crippen LogP contribution in [0.15, 0.2) is 24.3 Å². The van der Waals surface area contributed by atoms with Crippen LogP contribution in [0.25, 0.3) is 5.69 Å². The number of aryl methyl sites for hydroxylation is 1. The Morgan fingerprint density at radius 3 is 2.84 bits per heavy atom. The van der Waals surface area contributed by atoms with Crippen molar-refractivity contribution in [1.82, 2.24) is 9.78 Å². The molecule has 1 aromatic carbocycles. The van der Waals surface area contributed by atoms with E-state index in [0.717, 1.165) is 5.69 Å². The molecule has 0 fully saturated rings. The lowest BCUT2D eigenvalue weighted by Crippen LogP contribution is -2.18. The van der Waals surface area contributed by atoms with Crippen molar-refractivity contribution in [2.45, 2.75) is 19.9 Å². The number of hydrogen-bond donors (Lipinski definition) is 0. The van der Waals surface area contributed by atoms with Crippen molar-refractivity contribution >= 4 is 0 Å². The summed E-state index contributed by atoms with van der Waals surface area (Å²) < 4.78 is 47.3. The van der Waals surface area contributed by atoms with Gasteiger partial charge < -0.3 is 9.47 Å². The highest BCUT2D eigenvalue weighted by molar-refractivity contribution is 5.49. The molecule has 19 heavy (non-hydrogen) atoms. The van der Waals surface area contributed by atoms with Crippen LogP contribution < -0.4 is 9.47 Å². The molecule has 0 radical (unpaired) electrons. The molecule has 2 heterocycles. The number of fused-ring (bicyclic) bond motifs is 3. The zero-order valence-corrected chi connectivity index (χ0v) is 9.86. The molecular formula is C12H9F3N2O2. The molecule has 0 saturated carbocycles. The first kappa shape index (κ1) is 11.9. The third-order valence-electron chi connectivity index (χ3n) is 2.69. The summed E-state index contributed by atoms with van der Waals surface area (Å²) in [6, 6.07) is 5.87. The number of rotatable bonds is 1. The summed E-state index contributed by atoms with van der Waals surface area (Å²) in [7, 11) is 0. The minimum Gasteiger partial charge on any atom is -0.473 e. The van der Waals surface area contributed by atoms with Crippen molar-refractivity contribution in [3.8, 4) is 17.3 Å². The van der Waals surface area contributed by atoms with Crippen molar-refractivity contribution in [1.29, 1.82) is 0 Å². The summed E-state index contributed by atoms with van der Waals surface area (Å²) in [5.74, 6) is 0.316. The summed E-state index contributed by atoms with van der Waals surface area (Å²) in [5.41, 5.74) is 2.07. The second kappa shape index (κ2) is 3.91. The number of nitrogens with zero attached hydrogens (tertiary/aromatic N) is 2. The van der Waals surface area contributed by atoms with Gasteiger partial charge in [-0.3, -0.25) is 0 Å². The normalized spacial score (nSPS) is 13.5. The molecule has 0 amide bonds. The molecule has 0 unspecified atom stereocenters. The van der Waals surface area contributed by atoms with E-state index >= 15 is 0 Å². The van der Waals surface area contributed by atoms with E-state index in [1.165, 1.54) is 18.2 Å². The Labute approximate surface area is 106 Å². The Morgan fingerprint density at radius 2 is 2.11 bits per heavy atom. The molecule has 0 saturated heterocycles. The minimum atomic E-state index is -4.70. The third-order valence-corrected chi connectivity index (χ3v) is 2.69. The summed E-state index contributed by atoms with van der Waals surface area (Å²) in [4.78, 5) is 0. The maximum atomic E-state index is 12.1. The van der Waals surface area contributed by atoms with Gasteiger partial charge in [0.1, 0.15) is 12.4 Å². The number of halogens is 3. The zero-order valence-electron chi connectivity index (χ0n) is 9.86. The topological polar surface area (TPSA) is 36.3 Å². The molecule has 1 aliphatic heterocycles. The van der Waals surface area contributed by atoms with E-state index < -0.39 is 6.36 Å². The van der Waals surface area contributed by atoms with Gasteiger partial charge in [-0.05, 0) is 25.1 Å². The van der Waals surface area contributed by atoms with Gasteiger partial charge in [0.2, 0.25) is 5.88 Å². The van der Waals surface area contributed by atoms with E-state index in [1.807, 2.05) is 6.92 Å². The van der Waals surface area contributed by atoms with Crippen LogP contribution >= 0.6 is 0 Å².